The summed E-state index contributed by atoms with van der Waals surface area (Å²) in [6, 6.07) is 8.56. The molecule has 1 aromatic heterocycles. The molecule has 3 atom stereocenters. The Kier molecular flexibility index (Phi) is 5.50. The molecular formula is C22H30N2O3. The third-order valence-corrected chi connectivity index (χ3v) is 6.49. The van der Waals surface area contributed by atoms with Gasteiger partial charge in [-0.3, -0.25) is 9.69 Å². The summed E-state index contributed by atoms with van der Waals surface area (Å²) in [7, 11) is 3.77. The quantitative estimate of drug-likeness (QED) is 0.809. The molecule has 2 aliphatic rings. The molecule has 1 aliphatic carbocycles. The van der Waals surface area contributed by atoms with E-state index in [0.29, 0.717) is 12.5 Å². The molecule has 0 bridgehead atoms. The maximum atomic E-state index is 13.2. The van der Waals surface area contributed by atoms with E-state index >= 15 is 0 Å². The first-order chi connectivity index (χ1) is 13.2. The number of furan rings is 1. The van der Waals surface area contributed by atoms with Crippen molar-refractivity contribution in [1.29, 1.82) is 0 Å². The molecule has 2 fully saturated rings. The first-order valence-corrected chi connectivity index (χ1v) is 10.1. The van der Waals surface area contributed by atoms with Gasteiger partial charge in [0.1, 0.15) is 5.58 Å². The first-order valence-electron chi connectivity index (χ1n) is 10.1. The largest absolute Gasteiger partial charge is 0.464 e. The highest BCUT2D eigenvalue weighted by Crippen LogP contribution is 2.31. The summed E-state index contributed by atoms with van der Waals surface area (Å²) >= 11 is 0. The standard InChI is InChI=1S/C22H30N2O3/c1-23(22(25)14-16-6-5-7-21-18(16)10-13-27-21)20-15-17(26-2)8-9-19(20)24-11-3-4-12-24/h5-7,10,13,17,19-20H,3-4,8-9,11-12,14-15H2,1-2H3/t17-,19+,20+/m1/s1. The van der Waals surface area contributed by atoms with E-state index < -0.39 is 0 Å². The van der Waals surface area contributed by atoms with Crippen molar-refractivity contribution in [3.63, 3.8) is 0 Å². The van der Waals surface area contributed by atoms with Crippen LogP contribution in [0.4, 0.5) is 0 Å². The maximum Gasteiger partial charge on any atom is 0.227 e. The van der Waals surface area contributed by atoms with Crippen LogP contribution in [0, 0.1) is 0 Å². The molecule has 0 unspecified atom stereocenters. The lowest BCUT2D eigenvalue weighted by Crippen LogP contribution is -2.55. The van der Waals surface area contributed by atoms with Crippen molar-refractivity contribution in [3.05, 3.63) is 36.1 Å². The first kappa shape index (κ1) is 18.5. The lowest BCUT2D eigenvalue weighted by atomic mass is 9.86. The molecule has 1 aliphatic heterocycles. The topological polar surface area (TPSA) is 45.9 Å². The fourth-order valence-corrected chi connectivity index (χ4v) is 4.91. The van der Waals surface area contributed by atoms with Crippen LogP contribution in [0.2, 0.25) is 0 Å². The Morgan fingerprint density at radius 2 is 2.07 bits per heavy atom. The second-order valence-corrected chi connectivity index (χ2v) is 7.98. The van der Waals surface area contributed by atoms with Gasteiger partial charge in [-0.15, -0.1) is 0 Å². The summed E-state index contributed by atoms with van der Waals surface area (Å²) in [5.74, 6) is 0.176. The van der Waals surface area contributed by atoms with Crippen LogP contribution in [-0.2, 0) is 16.0 Å². The number of hydrogen-bond acceptors (Lipinski definition) is 4. The van der Waals surface area contributed by atoms with Crippen LogP contribution in [0.15, 0.2) is 34.9 Å². The molecule has 27 heavy (non-hydrogen) atoms. The zero-order chi connectivity index (χ0) is 18.8. The van der Waals surface area contributed by atoms with E-state index in [1.54, 1.807) is 13.4 Å². The number of fused-ring (bicyclic) bond motifs is 1. The lowest BCUT2D eigenvalue weighted by Gasteiger charge is -2.44. The van der Waals surface area contributed by atoms with E-state index in [1.807, 2.05) is 36.2 Å². The van der Waals surface area contributed by atoms with E-state index in [0.717, 1.165) is 48.9 Å². The Hall–Kier alpha value is -1.85. The van der Waals surface area contributed by atoms with Crippen molar-refractivity contribution in [1.82, 2.24) is 9.80 Å². The molecule has 1 saturated heterocycles. The summed E-state index contributed by atoms with van der Waals surface area (Å²) in [6.45, 7) is 2.32. The molecule has 0 N–H and O–H groups in total. The number of amides is 1. The fourth-order valence-electron chi connectivity index (χ4n) is 4.91. The second kappa shape index (κ2) is 8.03. The normalized spacial score (nSPS) is 26.5. The zero-order valence-corrected chi connectivity index (χ0v) is 16.4. The molecule has 5 nitrogen and oxygen atoms in total. The minimum atomic E-state index is 0.176. The Balaban J connectivity index is 1.51. The van der Waals surface area contributed by atoms with Crippen molar-refractivity contribution >= 4 is 16.9 Å². The van der Waals surface area contributed by atoms with Crippen molar-refractivity contribution in [3.8, 4) is 0 Å². The average molecular weight is 370 g/mol. The van der Waals surface area contributed by atoms with Gasteiger partial charge in [0.25, 0.3) is 0 Å². The van der Waals surface area contributed by atoms with E-state index in [-0.39, 0.29) is 18.1 Å². The minimum absolute atomic E-state index is 0.176. The number of nitrogens with zero attached hydrogens (tertiary/aromatic N) is 2. The number of benzene rings is 1. The molecular weight excluding hydrogens is 340 g/mol. The van der Waals surface area contributed by atoms with Crippen LogP contribution in [-0.4, -0.2) is 61.1 Å². The number of likely N-dealkylation sites (tertiary alicyclic amines) is 1. The number of likely N-dealkylation sites (N-methyl/N-ethyl adjacent to an activating group) is 1. The van der Waals surface area contributed by atoms with Crippen molar-refractivity contribution in [2.24, 2.45) is 0 Å². The smallest absolute Gasteiger partial charge is 0.227 e. The van der Waals surface area contributed by atoms with Crippen LogP contribution in [0.5, 0.6) is 0 Å². The van der Waals surface area contributed by atoms with Gasteiger partial charge in [-0.05, 0) is 62.9 Å². The van der Waals surface area contributed by atoms with Crippen LogP contribution in [0.25, 0.3) is 11.0 Å². The highest BCUT2D eigenvalue weighted by atomic mass is 16.5. The Morgan fingerprint density at radius 1 is 1.26 bits per heavy atom. The fraction of sp³-hybridized carbons (Fsp3) is 0.591. The Morgan fingerprint density at radius 3 is 2.85 bits per heavy atom. The highest BCUT2D eigenvalue weighted by Gasteiger charge is 2.38. The number of rotatable bonds is 5. The van der Waals surface area contributed by atoms with Crippen LogP contribution < -0.4 is 0 Å². The number of carbonyl (C=O) groups is 1. The molecule has 146 valence electrons. The molecule has 0 spiro atoms. The van der Waals surface area contributed by atoms with Gasteiger partial charge in [0.15, 0.2) is 0 Å². The third-order valence-electron chi connectivity index (χ3n) is 6.49. The second-order valence-electron chi connectivity index (χ2n) is 7.98. The lowest BCUT2D eigenvalue weighted by molar-refractivity contribution is -0.134. The highest BCUT2D eigenvalue weighted by molar-refractivity contribution is 5.87. The number of methoxy groups -OCH3 is 1. The number of hydrogen-bond donors (Lipinski definition) is 0. The van der Waals surface area contributed by atoms with Gasteiger partial charge in [0.05, 0.1) is 18.8 Å². The van der Waals surface area contributed by atoms with Crippen molar-refractivity contribution in [2.45, 2.75) is 56.7 Å². The maximum absolute atomic E-state index is 13.2. The molecule has 1 saturated carbocycles. The monoisotopic (exact) mass is 370 g/mol. The summed E-state index contributed by atoms with van der Waals surface area (Å²) < 4.78 is 11.1. The van der Waals surface area contributed by atoms with Crippen LogP contribution >= 0.6 is 0 Å². The molecule has 2 heterocycles. The molecule has 1 aromatic carbocycles. The summed E-state index contributed by atoms with van der Waals surface area (Å²) in [5.41, 5.74) is 1.88. The van der Waals surface area contributed by atoms with Gasteiger partial charge in [-0.1, -0.05) is 12.1 Å². The Bertz CT molecular complexity index is 781. The van der Waals surface area contributed by atoms with E-state index in [9.17, 15) is 4.79 Å². The molecule has 1 amide bonds. The van der Waals surface area contributed by atoms with Gasteiger partial charge in [0, 0.05) is 31.6 Å². The van der Waals surface area contributed by atoms with E-state index in [2.05, 4.69) is 4.90 Å². The molecule has 2 aromatic rings. The van der Waals surface area contributed by atoms with Gasteiger partial charge in [-0.2, -0.15) is 0 Å². The predicted molar refractivity (Wildman–Crippen MR) is 106 cm³/mol. The summed E-state index contributed by atoms with van der Waals surface area (Å²) in [5, 5.41) is 1.04. The molecule has 4 rings (SSSR count). The van der Waals surface area contributed by atoms with Gasteiger partial charge >= 0.3 is 0 Å². The summed E-state index contributed by atoms with van der Waals surface area (Å²) in [4.78, 5) is 17.8. The van der Waals surface area contributed by atoms with Gasteiger partial charge < -0.3 is 14.1 Å². The van der Waals surface area contributed by atoms with Gasteiger partial charge in [-0.25, -0.2) is 0 Å². The van der Waals surface area contributed by atoms with Crippen LogP contribution in [0.3, 0.4) is 0 Å². The molecule has 5 heteroatoms. The summed E-state index contributed by atoms with van der Waals surface area (Å²) in [6.07, 6.45) is 8.03. The van der Waals surface area contributed by atoms with Crippen LogP contribution in [0.1, 0.15) is 37.7 Å². The van der Waals surface area contributed by atoms with Crippen molar-refractivity contribution < 1.29 is 13.9 Å². The van der Waals surface area contributed by atoms with E-state index in [1.165, 1.54) is 12.8 Å². The average Bonchev–Trinajstić information content (AvgIpc) is 3.39. The third kappa shape index (κ3) is 3.76. The number of carbonyl (C=O) groups excluding carboxylic acids is 1. The zero-order valence-electron chi connectivity index (χ0n) is 16.4. The van der Waals surface area contributed by atoms with Crippen molar-refractivity contribution in [2.75, 3.05) is 27.2 Å². The predicted octanol–water partition coefficient (Wildman–Crippen LogP) is 3.47. The van der Waals surface area contributed by atoms with E-state index in [4.69, 9.17) is 9.15 Å². The Labute approximate surface area is 161 Å². The van der Waals surface area contributed by atoms with Gasteiger partial charge in [0.2, 0.25) is 5.91 Å². The minimum Gasteiger partial charge on any atom is -0.464 e. The SMILES string of the molecule is CO[C@@H]1CC[C@H](N2CCCC2)[C@@H](N(C)C(=O)Cc2cccc3occc23)C1. The number of ether oxygens (including phenoxy) is 1. The molecule has 0 radical (unpaired) electrons.